The number of fused-ring (bicyclic) bond motifs is 1. The van der Waals surface area contributed by atoms with Crippen molar-refractivity contribution in [2.24, 2.45) is 0 Å². The molecule has 26 heavy (non-hydrogen) atoms. The molecule has 5 nitrogen and oxygen atoms in total. The lowest BCUT2D eigenvalue weighted by Gasteiger charge is -2.13. The van der Waals surface area contributed by atoms with Crippen LogP contribution in [0.15, 0.2) is 48.2 Å². The van der Waals surface area contributed by atoms with Crippen molar-refractivity contribution in [3.63, 3.8) is 0 Å². The summed E-state index contributed by atoms with van der Waals surface area (Å²) in [5.74, 6) is -0.575. The molecule has 0 radical (unpaired) electrons. The van der Waals surface area contributed by atoms with Crippen LogP contribution >= 0.6 is 0 Å². The lowest BCUT2D eigenvalue weighted by Crippen LogP contribution is -2.26. The number of esters is 1. The Morgan fingerprint density at radius 2 is 2.04 bits per heavy atom. The first kappa shape index (κ1) is 17.7. The van der Waals surface area contributed by atoms with Gasteiger partial charge >= 0.3 is 5.97 Å². The highest BCUT2D eigenvalue weighted by Gasteiger charge is 2.28. The average molecular weight is 356 g/mol. The minimum atomic E-state index is -0.793. The van der Waals surface area contributed by atoms with Crippen molar-refractivity contribution in [3.05, 3.63) is 65.2 Å². The molecule has 6 heteroatoms. The maximum absolute atomic E-state index is 13.8. The zero-order chi connectivity index (χ0) is 18.7. The fourth-order valence-corrected chi connectivity index (χ4v) is 2.49. The Kier molecular flexibility index (Phi) is 5.02. The molecule has 134 valence electrons. The summed E-state index contributed by atoms with van der Waals surface area (Å²) in [4.78, 5) is 24.1. The van der Waals surface area contributed by atoms with E-state index in [-0.39, 0.29) is 23.7 Å². The number of hydrogen-bond donors (Lipinski definition) is 0. The van der Waals surface area contributed by atoms with Crippen LogP contribution in [0, 0.1) is 5.82 Å². The number of halogens is 1. The van der Waals surface area contributed by atoms with E-state index in [0.29, 0.717) is 17.1 Å². The van der Waals surface area contributed by atoms with E-state index in [2.05, 4.69) is 0 Å². The number of carbonyl (C=O) groups excluding carboxylic acids is 2. The maximum atomic E-state index is 13.8. The van der Waals surface area contributed by atoms with Gasteiger partial charge in [0.2, 0.25) is 5.78 Å². The van der Waals surface area contributed by atoms with Crippen LogP contribution in [0.2, 0.25) is 0 Å². The van der Waals surface area contributed by atoms with Gasteiger partial charge in [-0.05, 0) is 38.1 Å². The molecule has 2 aromatic rings. The summed E-state index contributed by atoms with van der Waals surface area (Å²) in [6, 6.07) is 10.7. The van der Waals surface area contributed by atoms with Crippen molar-refractivity contribution in [1.29, 1.82) is 0 Å². The standard InChI is InChI=1S/C20H17FO5/c1-3-24-20(23)12(2)25-14-8-9-15-17(11-14)26-18(19(15)22)10-13-6-4-5-7-16(13)21/h4-12H,3H2,1-2H3/b18-10+/t12-/m1/s1. The molecular formula is C20H17FO5. The number of rotatable bonds is 5. The van der Waals surface area contributed by atoms with E-state index in [0.717, 1.165) is 0 Å². The van der Waals surface area contributed by atoms with Crippen molar-refractivity contribution in [2.75, 3.05) is 6.61 Å². The highest BCUT2D eigenvalue weighted by molar-refractivity contribution is 6.14. The van der Waals surface area contributed by atoms with E-state index in [1.165, 1.54) is 18.2 Å². The second kappa shape index (κ2) is 7.39. The molecular weight excluding hydrogens is 339 g/mol. The molecule has 1 aliphatic rings. The number of benzene rings is 2. The molecule has 0 N–H and O–H groups in total. The fourth-order valence-electron chi connectivity index (χ4n) is 2.49. The van der Waals surface area contributed by atoms with Gasteiger partial charge in [0.25, 0.3) is 0 Å². The van der Waals surface area contributed by atoms with Gasteiger partial charge in [-0.3, -0.25) is 4.79 Å². The molecule has 0 amide bonds. The summed E-state index contributed by atoms with van der Waals surface area (Å²) in [5, 5.41) is 0. The first-order chi connectivity index (χ1) is 12.5. The monoisotopic (exact) mass is 356 g/mol. The third-order valence-electron chi connectivity index (χ3n) is 3.76. The zero-order valence-corrected chi connectivity index (χ0v) is 14.3. The Morgan fingerprint density at radius 1 is 1.27 bits per heavy atom. The second-order valence-corrected chi connectivity index (χ2v) is 5.63. The minimum absolute atomic E-state index is 0.0284. The Balaban J connectivity index is 1.80. The summed E-state index contributed by atoms with van der Waals surface area (Å²) in [5.41, 5.74) is 0.611. The number of hydrogen-bond acceptors (Lipinski definition) is 5. The first-order valence-electron chi connectivity index (χ1n) is 8.15. The van der Waals surface area contributed by atoms with Gasteiger partial charge < -0.3 is 14.2 Å². The molecule has 0 unspecified atom stereocenters. The van der Waals surface area contributed by atoms with E-state index in [1.54, 1.807) is 44.2 Å². The Morgan fingerprint density at radius 3 is 2.77 bits per heavy atom. The van der Waals surface area contributed by atoms with Crippen LogP contribution in [0.25, 0.3) is 6.08 Å². The number of ether oxygens (including phenoxy) is 3. The summed E-state index contributed by atoms with van der Waals surface area (Å²) in [7, 11) is 0. The largest absolute Gasteiger partial charge is 0.479 e. The van der Waals surface area contributed by atoms with Gasteiger partial charge in [-0.15, -0.1) is 0 Å². The first-order valence-corrected chi connectivity index (χ1v) is 8.15. The molecule has 1 aliphatic heterocycles. The summed E-state index contributed by atoms with van der Waals surface area (Å²) >= 11 is 0. The lowest BCUT2D eigenvalue weighted by molar-refractivity contribution is -0.150. The molecule has 1 atom stereocenters. The van der Waals surface area contributed by atoms with Gasteiger partial charge in [0.1, 0.15) is 17.3 Å². The summed E-state index contributed by atoms with van der Waals surface area (Å²) in [6.07, 6.45) is 0.568. The van der Waals surface area contributed by atoms with Crippen molar-refractivity contribution < 1.29 is 28.2 Å². The number of carbonyl (C=O) groups is 2. The lowest BCUT2D eigenvalue weighted by atomic mass is 10.1. The molecule has 0 fully saturated rings. The van der Waals surface area contributed by atoms with Crippen LogP contribution in [0.4, 0.5) is 4.39 Å². The third-order valence-corrected chi connectivity index (χ3v) is 3.76. The average Bonchev–Trinajstić information content (AvgIpc) is 2.92. The molecule has 2 aromatic carbocycles. The van der Waals surface area contributed by atoms with Crippen LogP contribution in [-0.2, 0) is 9.53 Å². The van der Waals surface area contributed by atoms with Crippen LogP contribution in [0.5, 0.6) is 11.5 Å². The Bertz CT molecular complexity index is 888. The van der Waals surface area contributed by atoms with Crippen molar-refractivity contribution >= 4 is 17.8 Å². The number of ketones is 1. The van der Waals surface area contributed by atoms with Crippen LogP contribution in [0.1, 0.15) is 29.8 Å². The molecule has 0 aromatic heterocycles. The van der Waals surface area contributed by atoms with E-state index < -0.39 is 17.9 Å². The molecule has 0 bridgehead atoms. The van der Waals surface area contributed by atoms with Crippen LogP contribution in [0.3, 0.4) is 0 Å². The van der Waals surface area contributed by atoms with E-state index in [1.807, 2.05) is 0 Å². The Labute approximate surface area is 150 Å². The van der Waals surface area contributed by atoms with Crippen molar-refractivity contribution in [3.8, 4) is 11.5 Å². The second-order valence-electron chi connectivity index (χ2n) is 5.63. The van der Waals surface area contributed by atoms with Gasteiger partial charge in [-0.2, -0.15) is 0 Å². The summed E-state index contributed by atoms with van der Waals surface area (Å²) < 4.78 is 29.7. The van der Waals surface area contributed by atoms with Crippen LogP contribution in [-0.4, -0.2) is 24.5 Å². The van der Waals surface area contributed by atoms with E-state index >= 15 is 0 Å². The topological polar surface area (TPSA) is 61.8 Å². The zero-order valence-electron chi connectivity index (χ0n) is 14.3. The molecule has 0 aliphatic carbocycles. The fraction of sp³-hybridized carbons (Fsp3) is 0.200. The van der Waals surface area contributed by atoms with Gasteiger partial charge in [0, 0.05) is 11.6 Å². The Hall–Kier alpha value is -3.15. The van der Waals surface area contributed by atoms with E-state index in [4.69, 9.17) is 14.2 Å². The van der Waals surface area contributed by atoms with Gasteiger partial charge in [-0.1, -0.05) is 18.2 Å². The highest BCUT2D eigenvalue weighted by Crippen LogP contribution is 2.35. The van der Waals surface area contributed by atoms with Crippen LogP contribution < -0.4 is 9.47 Å². The van der Waals surface area contributed by atoms with Gasteiger partial charge in [-0.25, -0.2) is 9.18 Å². The number of Topliss-reactive ketones (excluding diaryl/α,β-unsaturated/α-hetero) is 1. The van der Waals surface area contributed by atoms with Gasteiger partial charge in [0.05, 0.1) is 12.2 Å². The highest BCUT2D eigenvalue weighted by atomic mass is 19.1. The predicted octanol–water partition coefficient (Wildman–Crippen LogP) is 3.77. The predicted molar refractivity (Wildman–Crippen MR) is 92.5 cm³/mol. The molecule has 0 saturated heterocycles. The molecule has 1 heterocycles. The minimum Gasteiger partial charge on any atom is -0.479 e. The smallest absolute Gasteiger partial charge is 0.347 e. The number of allylic oxidation sites excluding steroid dienone is 1. The molecule has 3 rings (SSSR count). The van der Waals surface area contributed by atoms with Crippen molar-refractivity contribution in [1.82, 2.24) is 0 Å². The van der Waals surface area contributed by atoms with E-state index in [9.17, 15) is 14.0 Å². The quantitative estimate of drug-likeness (QED) is 0.603. The summed E-state index contributed by atoms with van der Waals surface area (Å²) in [6.45, 7) is 3.54. The normalized spacial score (nSPS) is 15.3. The maximum Gasteiger partial charge on any atom is 0.347 e. The molecule has 0 spiro atoms. The van der Waals surface area contributed by atoms with Crippen molar-refractivity contribution in [2.45, 2.75) is 20.0 Å². The SMILES string of the molecule is CCOC(=O)[C@@H](C)Oc1ccc2c(c1)O/C(=C/c1ccccc1F)C2=O. The third kappa shape index (κ3) is 3.59. The van der Waals surface area contributed by atoms with Gasteiger partial charge in [0.15, 0.2) is 11.9 Å². The molecule has 0 saturated carbocycles.